The summed E-state index contributed by atoms with van der Waals surface area (Å²) in [5, 5.41) is 25.6. The lowest BCUT2D eigenvalue weighted by Gasteiger charge is -2.24. The van der Waals surface area contributed by atoms with Crippen LogP contribution in [0.5, 0.6) is 0 Å². The topological polar surface area (TPSA) is 100.0 Å². The first-order chi connectivity index (χ1) is 12.9. The highest BCUT2D eigenvalue weighted by Crippen LogP contribution is 2.26. The molecule has 0 spiro atoms. The number of halogens is 1. The van der Waals surface area contributed by atoms with Crippen LogP contribution in [-0.2, 0) is 12.1 Å². The zero-order valence-electron chi connectivity index (χ0n) is 16.6. The van der Waals surface area contributed by atoms with Crippen LogP contribution in [0.1, 0.15) is 36.8 Å². The number of hydrogen-bond donors (Lipinski definition) is 3. The molecular formula is C19H27IN6O2. The van der Waals surface area contributed by atoms with Crippen LogP contribution in [0, 0.1) is 13.8 Å². The Morgan fingerprint density at radius 1 is 1.29 bits per heavy atom. The molecule has 0 aliphatic rings. The monoisotopic (exact) mass is 498 g/mol. The molecule has 1 atom stereocenters. The fourth-order valence-corrected chi connectivity index (χ4v) is 3.01. The highest BCUT2D eigenvalue weighted by atomic mass is 127. The lowest BCUT2D eigenvalue weighted by Crippen LogP contribution is -2.44. The zero-order valence-corrected chi connectivity index (χ0v) is 18.9. The van der Waals surface area contributed by atoms with Crippen molar-refractivity contribution in [2.24, 2.45) is 4.99 Å². The number of aliphatic hydroxyl groups is 1. The summed E-state index contributed by atoms with van der Waals surface area (Å²) < 4.78 is 7.44. The number of aromatic nitrogens is 3. The lowest BCUT2D eigenvalue weighted by molar-refractivity contribution is 0.0601. The number of aryl methyl sites for hydroxylation is 2. The Morgan fingerprint density at radius 2 is 2.07 bits per heavy atom. The van der Waals surface area contributed by atoms with Crippen LogP contribution < -0.4 is 10.6 Å². The highest BCUT2D eigenvalue weighted by molar-refractivity contribution is 14.0. The minimum atomic E-state index is -1.08. The summed E-state index contributed by atoms with van der Waals surface area (Å²) >= 11 is 0. The maximum atomic E-state index is 10.9. The molecule has 3 rings (SSSR count). The first kappa shape index (κ1) is 22.2. The molecule has 0 saturated heterocycles. The summed E-state index contributed by atoms with van der Waals surface area (Å²) in [6, 6.07) is 7.61. The quantitative estimate of drug-likeness (QED) is 0.275. The van der Waals surface area contributed by atoms with Crippen molar-refractivity contribution in [2.75, 3.05) is 13.1 Å². The largest absolute Gasteiger partial charge is 0.466 e. The van der Waals surface area contributed by atoms with Crippen LogP contribution in [-0.4, -0.2) is 38.8 Å². The van der Waals surface area contributed by atoms with Crippen molar-refractivity contribution in [3.05, 3.63) is 53.4 Å². The first-order valence-electron chi connectivity index (χ1n) is 9.01. The third kappa shape index (κ3) is 5.02. The second-order valence-corrected chi connectivity index (χ2v) is 6.69. The number of aliphatic imine (C=N–C) groups is 1. The number of nitrogens with zero attached hydrogens (tertiary/aromatic N) is 4. The molecule has 0 radical (unpaired) electrons. The van der Waals surface area contributed by atoms with E-state index in [0.29, 0.717) is 25.6 Å². The van der Waals surface area contributed by atoms with Gasteiger partial charge in [0.05, 0.1) is 6.54 Å². The lowest BCUT2D eigenvalue weighted by atomic mass is 9.96. The number of hydrogen-bond acceptors (Lipinski definition) is 5. The summed E-state index contributed by atoms with van der Waals surface area (Å²) in [4.78, 5) is 4.57. The van der Waals surface area contributed by atoms with Crippen molar-refractivity contribution in [1.29, 1.82) is 0 Å². The summed E-state index contributed by atoms with van der Waals surface area (Å²) in [5.74, 6) is 2.84. The van der Waals surface area contributed by atoms with E-state index in [9.17, 15) is 5.11 Å². The van der Waals surface area contributed by atoms with Crippen molar-refractivity contribution in [2.45, 2.75) is 39.8 Å². The van der Waals surface area contributed by atoms with E-state index in [0.717, 1.165) is 28.6 Å². The molecule has 0 saturated carbocycles. The maximum Gasteiger partial charge on any atom is 0.191 e. The van der Waals surface area contributed by atoms with Crippen LogP contribution in [0.4, 0.5) is 0 Å². The molecule has 28 heavy (non-hydrogen) atoms. The summed E-state index contributed by atoms with van der Waals surface area (Å²) in [6.07, 6.45) is 1.91. The predicted molar refractivity (Wildman–Crippen MR) is 119 cm³/mol. The van der Waals surface area contributed by atoms with E-state index < -0.39 is 5.60 Å². The molecule has 3 N–H and O–H groups in total. The Bertz CT molecular complexity index is 947. The molecule has 3 heterocycles. The third-order valence-electron chi connectivity index (χ3n) is 4.33. The molecule has 0 aliphatic heterocycles. The second-order valence-electron chi connectivity index (χ2n) is 6.69. The molecule has 0 aromatic carbocycles. The molecule has 3 aromatic rings. The Labute approximate surface area is 181 Å². The van der Waals surface area contributed by atoms with Gasteiger partial charge in [-0.3, -0.25) is 4.40 Å². The Morgan fingerprint density at radius 3 is 2.75 bits per heavy atom. The normalized spacial score (nSPS) is 13.8. The maximum absolute atomic E-state index is 10.9. The fourth-order valence-electron chi connectivity index (χ4n) is 3.01. The Hall–Kier alpha value is -2.14. The number of furan rings is 1. The van der Waals surface area contributed by atoms with Crippen LogP contribution in [0.2, 0.25) is 0 Å². The van der Waals surface area contributed by atoms with Gasteiger partial charge in [-0.25, -0.2) is 4.99 Å². The van der Waals surface area contributed by atoms with E-state index in [1.807, 2.05) is 55.6 Å². The SMILES string of the molecule is CCNC(=NCc1nnc2ccccn12)NCC(C)(O)c1cc(C)oc1C.I. The van der Waals surface area contributed by atoms with Gasteiger partial charge in [0.15, 0.2) is 17.4 Å². The van der Waals surface area contributed by atoms with Gasteiger partial charge < -0.3 is 20.2 Å². The Balaban J connectivity index is 0.00000280. The van der Waals surface area contributed by atoms with Crippen molar-refractivity contribution in [3.8, 4) is 0 Å². The molecular weight excluding hydrogens is 471 g/mol. The number of nitrogens with one attached hydrogen (secondary N) is 2. The van der Waals surface area contributed by atoms with Crippen molar-refractivity contribution in [3.63, 3.8) is 0 Å². The fraction of sp³-hybridized carbons (Fsp3) is 0.421. The van der Waals surface area contributed by atoms with Crippen LogP contribution in [0.25, 0.3) is 5.65 Å². The predicted octanol–water partition coefficient (Wildman–Crippen LogP) is 2.52. The van der Waals surface area contributed by atoms with Gasteiger partial charge in [-0.1, -0.05) is 6.07 Å². The molecule has 152 valence electrons. The van der Waals surface area contributed by atoms with Crippen molar-refractivity contribution in [1.82, 2.24) is 25.2 Å². The molecule has 9 heteroatoms. The van der Waals surface area contributed by atoms with Gasteiger partial charge >= 0.3 is 0 Å². The van der Waals surface area contributed by atoms with Gasteiger partial charge in [-0.2, -0.15) is 0 Å². The smallest absolute Gasteiger partial charge is 0.191 e. The van der Waals surface area contributed by atoms with Gasteiger partial charge in [-0.05, 0) is 45.9 Å². The number of fused-ring (bicyclic) bond motifs is 1. The number of rotatable bonds is 6. The standard InChI is InChI=1S/C19H26N6O2.HI/c1-5-20-18(21-11-17-24-23-16-8-6-7-9-25(16)17)22-12-19(4,26)15-10-13(2)27-14(15)3;/h6-10,26H,5,11-12H2,1-4H3,(H2,20,21,22);1H. The van der Waals surface area contributed by atoms with Gasteiger partial charge in [0, 0.05) is 18.3 Å². The van der Waals surface area contributed by atoms with Gasteiger partial charge in [0.2, 0.25) is 0 Å². The summed E-state index contributed by atoms with van der Waals surface area (Å²) in [6.45, 7) is 8.84. The van der Waals surface area contributed by atoms with E-state index in [-0.39, 0.29) is 24.0 Å². The molecule has 0 amide bonds. The molecule has 0 fully saturated rings. The minimum Gasteiger partial charge on any atom is -0.466 e. The molecule has 1 unspecified atom stereocenters. The third-order valence-corrected chi connectivity index (χ3v) is 4.33. The van der Waals surface area contributed by atoms with Crippen LogP contribution >= 0.6 is 24.0 Å². The number of pyridine rings is 1. The first-order valence-corrected chi connectivity index (χ1v) is 9.01. The molecule has 0 bridgehead atoms. The zero-order chi connectivity index (χ0) is 19.4. The molecule has 0 aliphatic carbocycles. The van der Waals surface area contributed by atoms with E-state index >= 15 is 0 Å². The van der Waals surface area contributed by atoms with Gasteiger partial charge in [0.25, 0.3) is 0 Å². The van der Waals surface area contributed by atoms with E-state index in [1.54, 1.807) is 6.92 Å². The minimum absolute atomic E-state index is 0. The summed E-state index contributed by atoms with van der Waals surface area (Å²) in [7, 11) is 0. The average molecular weight is 498 g/mol. The van der Waals surface area contributed by atoms with E-state index in [1.165, 1.54) is 0 Å². The van der Waals surface area contributed by atoms with Crippen molar-refractivity contribution < 1.29 is 9.52 Å². The molecule has 3 aromatic heterocycles. The second kappa shape index (κ2) is 9.37. The molecule has 8 nitrogen and oxygen atoms in total. The van der Waals surface area contributed by atoms with E-state index in [2.05, 4.69) is 25.8 Å². The average Bonchev–Trinajstić information content (AvgIpc) is 3.20. The van der Waals surface area contributed by atoms with Crippen molar-refractivity contribution >= 4 is 35.6 Å². The number of guanidine groups is 1. The van der Waals surface area contributed by atoms with Gasteiger partial charge in [0.1, 0.15) is 23.7 Å². The van der Waals surface area contributed by atoms with Gasteiger partial charge in [-0.15, -0.1) is 34.2 Å². The Kier molecular flexibility index (Phi) is 7.41. The van der Waals surface area contributed by atoms with Crippen LogP contribution in [0.3, 0.4) is 0 Å². The van der Waals surface area contributed by atoms with Crippen LogP contribution in [0.15, 0.2) is 39.9 Å². The highest BCUT2D eigenvalue weighted by Gasteiger charge is 2.27. The summed E-state index contributed by atoms with van der Waals surface area (Å²) in [5.41, 5.74) is 0.473. The van der Waals surface area contributed by atoms with E-state index in [4.69, 9.17) is 4.42 Å².